The Labute approximate surface area is 331 Å². The topological polar surface area (TPSA) is 75.7 Å². The zero-order valence-corrected chi connectivity index (χ0v) is 30.6. The van der Waals surface area contributed by atoms with E-state index < -0.39 is 5.41 Å². The highest BCUT2D eigenvalue weighted by atomic mass is 14.6. The summed E-state index contributed by atoms with van der Waals surface area (Å²) in [5.74, 6) is 0. The highest BCUT2D eigenvalue weighted by molar-refractivity contribution is 5.89. The van der Waals surface area contributed by atoms with Gasteiger partial charge in [0.05, 0.1) is 46.9 Å². The van der Waals surface area contributed by atoms with Crippen LogP contribution in [0.3, 0.4) is 0 Å². The molecule has 0 radical (unpaired) electrons. The first-order valence-corrected chi connectivity index (χ1v) is 18.5. The van der Waals surface area contributed by atoms with Crippen molar-refractivity contribution in [3.05, 3.63) is 232 Å². The largest absolute Gasteiger partial charge is 0.238 e. The van der Waals surface area contributed by atoms with Gasteiger partial charge in [-0.25, -0.2) is 4.85 Å². The van der Waals surface area contributed by atoms with Gasteiger partial charge >= 0.3 is 0 Å². The van der Waals surface area contributed by atoms with Crippen molar-refractivity contribution in [3.63, 3.8) is 0 Å². The van der Waals surface area contributed by atoms with Crippen LogP contribution in [0.5, 0.6) is 0 Å². The molecule has 0 aliphatic heterocycles. The van der Waals surface area contributed by atoms with Crippen molar-refractivity contribution < 1.29 is 0 Å². The minimum absolute atomic E-state index is 0.550. The summed E-state index contributed by atoms with van der Waals surface area (Å²) in [6.07, 6.45) is 0. The van der Waals surface area contributed by atoms with E-state index in [1.807, 2.05) is 97.1 Å². The lowest BCUT2D eigenvalue weighted by molar-refractivity contribution is 0.770. The first kappa shape index (κ1) is 34.5. The van der Waals surface area contributed by atoms with E-state index in [1.165, 1.54) is 0 Å². The van der Waals surface area contributed by atoms with Crippen LogP contribution in [0.1, 0.15) is 38.9 Å². The number of hydrogen-bond acceptors (Lipinski definition) is 3. The van der Waals surface area contributed by atoms with E-state index in [-0.39, 0.29) is 0 Å². The molecule has 0 saturated heterocycles. The van der Waals surface area contributed by atoms with Crippen LogP contribution in [0.4, 0.5) is 5.69 Å². The Kier molecular flexibility index (Phi) is 8.58. The summed E-state index contributed by atoms with van der Waals surface area (Å²) in [6.45, 7) is 7.80. The van der Waals surface area contributed by atoms with Crippen LogP contribution in [-0.2, 0) is 5.41 Å². The van der Waals surface area contributed by atoms with Crippen LogP contribution in [0.2, 0.25) is 0 Å². The van der Waals surface area contributed by atoms with E-state index in [1.54, 1.807) is 0 Å². The van der Waals surface area contributed by atoms with Gasteiger partial charge < -0.3 is 0 Å². The van der Waals surface area contributed by atoms with Crippen LogP contribution < -0.4 is 0 Å². The van der Waals surface area contributed by atoms with Gasteiger partial charge in [0.2, 0.25) is 0 Å². The minimum Gasteiger partial charge on any atom is -0.238 e. The zero-order valence-electron chi connectivity index (χ0n) is 30.6. The molecule has 9 rings (SSSR count). The number of nitrogens with zero attached hydrogens (tertiary/aromatic N) is 4. The average Bonchev–Trinajstić information content (AvgIpc) is 3.60. The van der Waals surface area contributed by atoms with Crippen molar-refractivity contribution in [1.29, 1.82) is 15.8 Å². The molecule has 0 unspecified atom stereocenters. The Morgan fingerprint density at radius 1 is 0.368 bits per heavy atom. The van der Waals surface area contributed by atoms with Gasteiger partial charge in [0, 0.05) is 0 Å². The fraction of sp³-hybridized carbons (Fsp3) is 0.0189. The third-order valence-corrected chi connectivity index (χ3v) is 11.0. The highest BCUT2D eigenvalue weighted by Crippen LogP contribution is 2.57. The number of rotatable bonds is 6. The quantitative estimate of drug-likeness (QED) is 0.160. The van der Waals surface area contributed by atoms with Crippen molar-refractivity contribution in [3.8, 4) is 73.8 Å². The molecule has 8 aromatic rings. The maximum Gasteiger partial charge on any atom is 0.187 e. The highest BCUT2D eigenvalue weighted by Gasteiger charge is 2.46. The van der Waals surface area contributed by atoms with Gasteiger partial charge in [-0.3, -0.25) is 0 Å². The molecule has 57 heavy (non-hydrogen) atoms. The molecule has 0 saturated carbocycles. The lowest BCUT2D eigenvalue weighted by atomic mass is 9.66. The molecular formula is C53H30N4. The number of hydrogen-bond donors (Lipinski definition) is 0. The summed E-state index contributed by atoms with van der Waals surface area (Å²) in [4.78, 5) is 3.76. The number of benzene rings is 8. The summed E-state index contributed by atoms with van der Waals surface area (Å²) in [6, 6.07) is 68.1. The Morgan fingerprint density at radius 3 is 1.12 bits per heavy atom. The van der Waals surface area contributed by atoms with E-state index >= 15 is 0 Å². The second-order valence-corrected chi connectivity index (χ2v) is 14.2. The second-order valence-electron chi connectivity index (χ2n) is 14.2. The molecule has 0 heterocycles. The third kappa shape index (κ3) is 5.93. The summed E-state index contributed by atoms with van der Waals surface area (Å²) in [5, 5.41) is 29.8. The lowest BCUT2D eigenvalue weighted by Gasteiger charge is -2.35. The van der Waals surface area contributed by atoms with Gasteiger partial charge in [0.1, 0.15) is 0 Å². The van der Waals surface area contributed by atoms with E-state index in [4.69, 9.17) is 6.57 Å². The molecule has 4 heteroatoms. The average molecular weight is 723 g/mol. The molecule has 1 aliphatic rings. The van der Waals surface area contributed by atoms with E-state index in [0.29, 0.717) is 22.4 Å². The molecule has 8 aromatic carbocycles. The standard InChI is InChI=1S/C53H30N4/c1-57-48-17-9-16-41(31-48)45-26-44(40-15-8-12-37(24-40)34-56)29-47(30-45)53(51-20-4-2-18-49(51)50-19-3-5-21-52(50)53)46-27-42(38-13-6-10-35(22-38)32-54)25-43(28-46)39-14-7-11-36(23-39)33-55/h2-31H. The fourth-order valence-corrected chi connectivity index (χ4v) is 8.44. The maximum atomic E-state index is 9.93. The number of nitriles is 3. The van der Waals surface area contributed by atoms with Gasteiger partial charge in [-0.15, -0.1) is 0 Å². The first-order chi connectivity index (χ1) is 28.0. The molecule has 0 amide bonds. The normalized spacial score (nSPS) is 11.9. The van der Waals surface area contributed by atoms with Crippen LogP contribution in [0.15, 0.2) is 182 Å². The van der Waals surface area contributed by atoms with E-state index in [0.717, 1.165) is 77.9 Å². The molecule has 4 nitrogen and oxygen atoms in total. The summed E-state index contributed by atoms with van der Waals surface area (Å²) in [7, 11) is 0. The molecule has 0 fully saturated rings. The van der Waals surface area contributed by atoms with Gasteiger partial charge in [-0.2, -0.15) is 15.8 Å². The van der Waals surface area contributed by atoms with Crippen molar-refractivity contribution in [2.75, 3.05) is 0 Å². The number of fused-ring (bicyclic) bond motifs is 3. The van der Waals surface area contributed by atoms with Crippen LogP contribution in [-0.4, -0.2) is 0 Å². The molecule has 0 atom stereocenters. The maximum absolute atomic E-state index is 9.93. The Morgan fingerprint density at radius 2 is 0.737 bits per heavy atom. The first-order valence-electron chi connectivity index (χ1n) is 18.5. The van der Waals surface area contributed by atoms with Crippen molar-refractivity contribution in [2.24, 2.45) is 0 Å². The second kappa shape index (κ2) is 14.2. The van der Waals surface area contributed by atoms with Gasteiger partial charge in [0.25, 0.3) is 0 Å². The van der Waals surface area contributed by atoms with E-state index in [2.05, 4.69) is 108 Å². The molecule has 262 valence electrons. The van der Waals surface area contributed by atoms with Crippen LogP contribution in [0, 0.1) is 40.6 Å². The summed E-state index contributed by atoms with van der Waals surface area (Å²) < 4.78 is 0. The van der Waals surface area contributed by atoms with Crippen molar-refractivity contribution in [2.45, 2.75) is 5.41 Å². The summed E-state index contributed by atoms with van der Waals surface area (Å²) in [5.41, 5.74) is 15.3. The predicted octanol–water partition coefficient (Wildman–Crippen LogP) is 12.9. The monoisotopic (exact) mass is 722 g/mol. The minimum atomic E-state index is -0.855. The van der Waals surface area contributed by atoms with Gasteiger partial charge in [-0.1, -0.05) is 103 Å². The predicted molar refractivity (Wildman–Crippen MR) is 226 cm³/mol. The molecule has 0 spiro atoms. The van der Waals surface area contributed by atoms with Gasteiger partial charge in [0.15, 0.2) is 5.69 Å². The molecule has 1 aliphatic carbocycles. The Bertz CT molecular complexity index is 2730. The van der Waals surface area contributed by atoms with Gasteiger partial charge in [-0.05, 0) is 157 Å². The van der Waals surface area contributed by atoms with Crippen LogP contribution >= 0.6 is 0 Å². The summed E-state index contributed by atoms with van der Waals surface area (Å²) >= 11 is 0. The molecular weight excluding hydrogens is 693 g/mol. The lowest BCUT2D eigenvalue weighted by Crippen LogP contribution is -2.29. The fourth-order valence-electron chi connectivity index (χ4n) is 8.44. The van der Waals surface area contributed by atoms with E-state index in [9.17, 15) is 15.8 Å². The Balaban J connectivity index is 1.44. The smallest absolute Gasteiger partial charge is 0.187 e. The SMILES string of the molecule is [C-]#[N+]c1cccc(-c2cc(-c3cccc(C#N)c3)cc(C3(c4cc(-c5cccc(C#N)c5)cc(-c5cccc(C#N)c5)c4)c4ccccc4-c4ccccc43)c2)c1. The Hall–Kier alpha value is -8.28. The van der Waals surface area contributed by atoms with Crippen LogP contribution in [0.25, 0.3) is 60.5 Å². The molecule has 0 aromatic heterocycles. The van der Waals surface area contributed by atoms with Crippen molar-refractivity contribution in [1.82, 2.24) is 0 Å². The molecule has 0 N–H and O–H groups in total. The molecule has 0 bridgehead atoms. The zero-order chi connectivity index (χ0) is 38.9. The van der Waals surface area contributed by atoms with Crippen molar-refractivity contribution >= 4 is 5.69 Å². The third-order valence-electron chi connectivity index (χ3n) is 11.0.